The maximum absolute atomic E-state index is 11.6. The highest BCUT2D eigenvalue weighted by molar-refractivity contribution is 7.75. The Hall–Kier alpha value is -1.27. The summed E-state index contributed by atoms with van der Waals surface area (Å²) >= 11 is 5.19. The van der Waals surface area contributed by atoms with Gasteiger partial charge in [0.15, 0.2) is 5.13 Å². The SMILES string of the molecule is O=C(Nc1nc2ccc(OS)cc2s1)C1CC1. The summed E-state index contributed by atoms with van der Waals surface area (Å²) in [7, 11) is 0. The standard InChI is InChI=1S/C11H10N2O2S2/c14-10(6-1-2-6)13-11-12-8-4-3-7(15-16)5-9(8)17-11/h3-6,16H,1-2H2,(H,12,13,14). The van der Waals surface area contributed by atoms with Gasteiger partial charge in [-0.15, -0.1) is 0 Å². The summed E-state index contributed by atoms with van der Waals surface area (Å²) in [6.07, 6.45) is 1.99. The van der Waals surface area contributed by atoms with Gasteiger partial charge in [-0.2, -0.15) is 0 Å². The van der Waals surface area contributed by atoms with Crippen LogP contribution in [-0.2, 0) is 4.79 Å². The molecule has 0 saturated heterocycles. The van der Waals surface area contributed by atoms with E-state index in [2.05, 4.69) is 23.2 Å². The number of thiol groups is 1. The Balaban J connectivity index is 1.87. The van der Waals surface area contributed by atoms with Gasteiger partial charge in [-0.05, 0) is 25.0 Å². The molecule has 1 N–H and O–H groups in total. The van der Waals surface area contributed by atoms with Crippen LogP contribution in [0.1, 0.15) is 12.8 Å². The molecule has 6 heteroatoms. The molecular weight excluding hydrogens is 256 g/mol. The lowest BCUT2D eigenvalue weighted by atomic mass is 10.3. The predicted octanol–water partition coefficient (Wildman–Crippen LogP) is 2.87. The summed E-state index contributed by atoms with van der Waals surface area (Å²) in [6, 6.07) is 5.50. The highest BCUT2D eigenvalue weighted by atomic mass is 32.1. The van der Waals surface area contributed by atoms with Crippen LogP contribution < -0.4 is 9.50 Å². The van der Waals surface area contributed by atoms with Crippen molar-refractivity contribution < 1.29 is 8.98 Å². The number of fused-ring (bicyclic) bond motifs is 1. The van der Waals surface area contributed by atoms with E-state index in [1.54, 1.807) is 6.07 Å². The molecule has 1 saturated carbocycles. The van der Waals surface area contributed by atoms with E-state index in [9.17, 15) is 4.79 Å². The minimum absolute atomic E-state index is 0.0784. The van der Waals surface area contributed by atoms with Crippen LogP contribution in [0.15, 0.2) is 18.2 Å². The van der Waals surface area contributed by atoms with Gasteiger partial charge in [0.05, 0.1) is 10.2 Å². The van der Waals surface area contributed by atoms with Gasteiger partial charge in [0, 0.05) is 24.9 Å². The third-order valence-electron chi connectivity index (χ3n) is 2.64. The molecule has 3 rings (SSSR count). The number of nitrogens with zero attached hydrogens (tertiary/aromatic N) is 1. The molecule has 1 amide bonds. The van der Waals surface area contributed by atoms with Crippen molar-refractivity contribution in [2.45, 2.75) is 12.8 Å². The Morgan fingerprint density at radius 1 is 1.53 bits per heavy atom. The lowest BCUT2D eigenvalue weighted by molar-refractivity contribution is -0.117. The molecule has 0 aliphatic heterocycles. The molecule has 0 bridgehead atoms. The van der Waals surface area contributed by atoms with E-state index < -0.39 is 0 Å². The maximum atomic E-state index is 11.6. The number of benzene rings is 1. The highest BCUT2D eigenvalue weighted by Gasteiger charge is 2.30. The Morgan fingerprint density at radius 2 is 2.35 bits per heavy atom. The largest absolute Gasteiger partial charge is 0.429 e. The Morgan fingerprint density at radius 3 is 3.06 bits per heavy atom. The molecule has 17 heavy (non-hydrogen) atoms. The van der Waals surface area contributed by atoms with Crippen LogP contribution >= 0.6 is 24.2 Å². The average Bonchev–Trinajstić information content (AvgIpc) is 3.10. The number of nitrogens with one attached hydrogen (secondary N) is 1. The quantitative estimate of drug-likeness (QED) is 0.663. The third kappa shape index (κ3) is 2.23. The van der Waals surface area contributed by atoms with Gasteiger partial charge in [0.25, 0.3) is 0 Å². The van der Waals surface area contributed by atoms with E-state index >= 15 is 0 Å². The smallest absolute Gasteiger partial charge is 0.229 e. The summed E-state index contributed by atoms with van der Waals surface area (Å²) < 4.78 is 5.82. The Bertz CT molecular complexity index is 578. The average molecular weight is 266 g/mol. The number of aromatic nitrogens is 1. The molecule has 0 spiro atoms. The molecule has 1 aromatic carbocycles. The molecule has 1 aliphatic rings. The fourth-order valence-corrected chi connectivity index (χ4v) is 2.58. The first-order valence-electron chi connectivity index (χ1n) is 5.29. The fraction of sp³-hybridized carbons (Fsp3) is 0.273. The number of amides is 1. The molecule has 4 nitrogen and oxygen atoms in total. The van der Waals surface area contributed by atoms with Gasteiger partial charge in [-0.1, -0.05) is 11.3 Å². The minimum atomic E-state index is 0.0784. The molecule has 1 fully saturated rings. The van der Waals surface area contributed by atoms with Crippen molar-refractivity contribution in [2.75, 3.05) is 5.32 Å². The van der Waals surface area contributed by atoms with Crippen LogP contribution in [0.3, 0.4) is 0 Å². The monoisotopic (exact) mass is 266 g/mol. The van der Waals surface area contributed by atoms with Crippen LogP contribution in [0, 0.1) is 5.92 Å². The molecule has 0 atom stereocenters. The highest BCUT2D eigenvalue weighted by Crippen LogP contribution is 2.33. The van der Waals surface area contributed by atoms with E-state index in [-0.39, 0.29) is 11.8 Å². The van der Waals surface area contributed by atoms with E-state index in [1.807, 2.05) is 12.1 Å². The molecule has 1 aliphatic carbocycles. The van der Waals surface area contributed by atoms with E-state index in [0.717, 1.165) is 23.1 Å². The van der Waals surface area contributed by atoms with Crippen LogP contribution in [0.5, 0.6) is 5.75 Å². The van der Waals surface area contributed by atoms with Gasteiger partial charge in [0.2, 0.25) is 5.91 Å². The Labute approximate surface area is 108 Å². The van der Waals surface area contributed by atoms with Crippen molar-refractivity contribution >= 4 is 45.5 Å². The molecule has 1 aromatic heterocycles. The summed E-state index contributed by atoms with van der Waals surface area (Å²) in [4.78, 5) is 15.9. The molecule has 1 heterocycles. The van der Waals surface area contributed by atoms with Gasteiger partial charge in [-0.25, -0.2) is 4.98 Å². The zero-order chi connectivity index (χ0) is 11.8. The number of anilines is 1. The Kier molecular flexibility index (Phi) is 2.68. The van der Waals surface area contributed by atoms with Crippen molar-refractivity contribution in [3.8, 4) is 5.75 Å². The summed E-state index contributed by atoms with van der Waals surface area (Å²) in [5, 5.41) is 3.49. The second kappa shape index (κ2) is 4.19. The number of carbonyl (C=O) groups is 1. The van der Waals surface area contributed by atoms with E-state index in [1.165, 1.54) is 11.3 Å². The normalized spacial score (nSPS) is 14.9. The number of carbonyl (C=O) groups excluding carboxylic acids is 1. The van der Waals surface area contributed by atoms with Gasteiger partial charge in [0.1, 0.15) is 5.75 Å². The lowest BCUT2D eigenvalue weighted by Gasteiger charge is -1.96. The van der Waals surface area contributed by atoms with Gasteiger partial charge < -0.3 is 9.50 Å². The third-order valence-corrected chi connectivity index (χ3v) is 3.79. The molecule has 88 valence electrons. The first kappa shape index (κ1) is 10.9. The summed E-state index contributed by atoms with van der Waals surface area (Å²) in [5.41, 5.74) is 0.857. The molecular formula is C11H10N2O2S2. The number of hydrogen-bond acceptors (Lipinski definition) is 5. The maximum Gasteiger partial charge on any atom is 0.229 e. The van der Waals surface area contributed by atoms with Crippen molar-refractivity contribution in [1.29, 1.82) is 0 Å². The van der Waals surface area contributed by atoms with Crippen molar-refractivity contribution in [1.82, 2.24) is 4.98 Å². The number of rotatable bonds is 3. The van der Waals surface area contributed by atoms with Crippen LogP contribution in [0.4, 0.5) is 5.13 Å². The van der Waals surface area contributed by atoms with Crippen LogP contribution in [0.25, 0.3) is 10.2 Å². The van der Waals surface area contributed by atoms with E-state index in [0.29, 0.717) is 10.9 Å². The van der Waals surface area contributed by atoms with Gasteiger partial charge in [-0.3, -0.25) is 4.79 Å². The molecule has 2 aromatic rings. The number of hydrogen-bond donors (Lipinski definition) is 2. The first-order chi connectivity index (χ1) is 8.26. The van der Waals surface area contributed by atoms with Gasteiger partial charge >= 0.3 is 0 Å². The second-order valence-electron chi connectivity index (χ2n) is 4.00. The molecule has 0 unspecified atom stereocenters. The molecule has 0 radical (unpaired) electrons. The fourth-order valence-electron chi connectivity index (χ4n) is 1.57. The summed E-state index contributed by atoms with van der Waals surface area (Å²) in [6.45, 7) is 0. The summed E-state index contributed by atoms with van der Waals surface area (Å²) in [5.74, 6) is 0.942. The van der Waals surface area contributed by atoms with Crippen molar-refractivity contribution in [2.24, 2.45) is 5.92 Å². The zero-order valence-corrected chi connectivity index (χ0v) is 10.6. The second-order valence-corrected chi connectivity index (χ2v) is 5.22. The zero-order valence-electron chi connectivity index (χ0n) is 8.84. The minimum Gasteiger partial charge on any atom is -0.429 e. The van der Waals surface area contributed by atoms with Crippen molar-refractivity contribution in [3.63, 3.8) is 0 Å². The predicted molar refractivity (Wildman–Crippen MR) is 70.6 cm³/mol. The number of thiazole rings is 1. The van der Waals surface area contributed by atoms with E-state index in [4.69, 9.17) is 4.18 Å². The van der Waals surface area contributed by atoms with Crippen LogP contribution in [0.2, 0.25) is 0 Å². The topological polar surface area (TPSA) is 51.2 Å². The first-order valence-corrected chi connectivity index (χ1v) is 6.47. The lowest BCUT2D eigenvalue weighted by Crippen LogP contribution is -2.12. The van der Waals surface area contributed by atoms with Crippen LogP contribution in [-0.4, -0.2) is 10.9 Å². The van der Waals surface area contributed by atoms with Crippen molar-refractivity contribution in [3.05, 3.63) is 18.2 Å².